The molecular formula is C19H40N4O4. The third kappa shape index (κ3) is 15.5. The van der Waals surface area contributed by atoms with Crippen LogP contribution in [-0.2, 0) is 9.59 Å². The Morgan fingerprint density at radius 1 is 0.926 bits per heavy atom. The molecule has 7 N–H and O–H groups in total. The normalized spacial score (nSPS) is 14.9. The van der Waals surface area contributed by atoms with Gasteiger partial charge in [0.25, 0.3) is 0 Å². The van der Waals surface area contributed by atoms with E-state index in [0.717, 1.165) is 52.0 Å². The molecule has 0 unspecified atom stereocenters. The fourth-order valence-electron chi connectivity index (χ4n) is 2.92. The standard InChI is InChI=1S/C12H22O4.C7H18N4/c1-2-3-4-5-6-7-8-9-10(11(13)14)12(15)16;8-7(9)1-4-11-5-2-10-3-6-11/h10H,2-9H2,1H3,(H,13,14)(H,15,16);7,10H,1-6,8-9H2. The summed E-state index contributed by atoms with van der Waals surface area (Å²) in [7, 11) is 0. The summed E-state index contributed by atoms with van der Waals surface area (Å²) in [4.78, 5) is 23.5. The molecule has 0 aromatic heterocycles. The molecule has 0 atom stereocenters. The fourth-order valence-corrected chi connectivity index (χ4v) is 2.92. The lowest BCUT2D eigenvalue weighted by molar-refractivity contribution is -0.154. The van der Waals surface area contributed by atoms with E-state index in [9.17, 15) is 9.59 Å². The summed E-state index contributed by atoms with van der Waals surface area (Å²) < 4.78 is 0. The summed E-state index contributed by atoms with van der Waals surface area (Å²) in [5.74, 6) is -3.67. The van der Waals surface area contributed by atoms with Crippen molar-refractivity contribution in [2.45, 2.75) is 70.9 Å². The third-order valence-electron chi connectivity index (χ3n) is 4.68. The minimum Gasteiger partial charge on any atom is -0.481 e. The third-order valence-corrected chi connectivity index (χ3v) is 4.68. The molecule has 1 rings (SSSR count). The average Bonchev–Trinajstić information content (AvgIpc) is 2.63. The monoisotopic (exact) mass is 388 g/mol. The van der Waals surface area contributed by atoms with Crippen molar-refractivity contribution < 1.29 is 19.8 Å². The van der Waals surface area contributed by atoms with Crippen LogP contribution in [0.3, 0.4) is 0 Å². The number of nitrogens with two attached hydrogens (primary N) is 2. The molecule has 1 heterocycles. The van der Waals surface area contributed by atoms with Crippen molar-refractivity contribution >= 4 is 11.9 Å². The number of aliphatic carboxylic acids is 2. The summed E-state index contributed by atoms with van der Waals surface area (Å²) in [6.07, 6.45) is 8.54. The number of carboxylic acids is 2. The first kappa shape index (κ1) is 25.8. The first-order chi connectivity index (χ1) is 12.9. The first-order valence-electron chi connectivity index (χ1n) is 10.3. The molecule has 27 heavy (non-hydrogen) atoms. The molecule has 0 aromatic carbocycles. The highest BCUT2D eigenvalue weighted by Gasteiger charge is 2.24. The SMILES string of the molecule is CCCCCCCCCC(C(=O)O)C(=O)O.NC(N)CCN1CCNCC1. The Hall–Kier alpha value is -1.22. The molecule has 0 aromatic rings. The highest BCUT2D eigenvalue weighted by molar-refractivity contribution is 5.92. The molecule has 1 aliphatic rings. The summed E-state index contributed by atoms with van der Waals surface area (Å²) in [5, 5.41) is 20.6. The molecule has 0 saturated carbocycles. The second-order valence-corrected chi connectivity index (χ2v) is 7.18. The topological polar surface area (TPSA) is 142 Å². The molecule has 1 aliphatic heterocycles. The van der Waals surface area contributed by atoms with Crippen molar-refractivity contribution in [2.75, 3.05) is 32.7 Å². The summed E-state index contributed by atoms with van der Waals surface area (Å²) >= 11 is 0. The number of carboxylic acid groups (broad SMARTS) is 2. The number of unbranched alkanes of at least 4 members (excludes halogenated alkanes) is 6. The summed E-state index contributed by atoms with van der Waals surface area (Å²) in [5.41, 5.74) is 10.9. The molecule has 1 saturated heterocycles. The summed E-state index contributed by atoms with van der Waals surface area (Å²) in [6.45, 7) is 7.66. The van der Waals surface area contributed by atoms with Gasteiger partial charge < -0.3 is 31.9 Å². The van der Waals surface area contributed by atoms with Crippen LogP contribution in [0.25, 0.3) is 0 Å². The molecule has 0 amide bonds. The van der Waals surface area contributed by atoms with Crippen LogP contribution in [0.2, 0.25) is 0 Å². The number of hydrogen-bond acceptors (Lipinski definition) is 6. The molecule has 0 aliphatic carbocycles. The zero-order chi connectivity index (χ0) is 20.5. The smallest absolute Gasteiger partial charge is 0.317 e. The van der Waals surface area contributed by atoms with Crippen LogP contribution in [0.15, 0.2) is 0 Å². The number of nitrogens with one attached hydrogen (secondary N) is 1. The zero-order valence-corrected chi connectivity index (χ0v) is 16.9. The van der Waals surface area contributed by atoms with Gasteiger partial charge in [0.2, 0.25) is 0 Å². The van der Waals surface area contributed by atoms with Crippen LogP contribution in [0.4, 0.5) is 0 Å². The predicted octanol–water partition coefficient (Wildman–Crippen LogP) is 1.44. The lowest BCUT2D eigenvalue weighted by Gasteiger charge is -2.27. The fraction of sp³-hybridized carbons (Fsp3) is 0.895. The van der Waals surface area contributed by atoms with Crippen molar-refractivity contribution in [2.24, 2.45) is 17.4 Å². The van der Waals surface area contributed by atoms with Gasteiger partial charge in [0.1, 0.15) is 0 Å². The number of piperazine rings is 1. The van der Waals surface area contributed by atoms with Crippen LogP contribution < -0.4 is 16.8 Å². The Kier molecular flexibility index (Phi) is 16.2. The molecule has 0 bridgehead atoms. The number of rotatable bonds is 13. The van der Waals surface area contributed by atoms with Crippen LogP contribution >= 0.6 is 0 Å². The van der Waals surface area contributed by atoms with Crippen LogP contribution in [0, 0.1) is 5.92 Å². The van der Waals surface area contributed by atoms with Crippen molar-refractivity contribution in [3.63, 3.8) is 0 Å². The highest BCUT2D eigenvalue weighted by atomic mass is 16.4. The second-order valence-electron chi connectivity index (χ2n) is 7.18. The van der Waals surface area contributed by atoms with E-state index >= 15 is 0 Å². The zero-order valence-electron chi connectivity index (χ0n) is 16.9. The van der Waals surface area contributed by atoms with E-state index in [1.165, 1.54) is 25.7 Å². The van der Waals surface area contributed by atoms with Crippen LogP contribution in [0.5, 0.6) is 0 Å². The van der Waals surface area contributed by atoms with Gasteiger partial charge in [-0.2, -0.15) is 0 Å². The quantitative estimate of drug-likeness (QED) is 0.181. The number of nitrogens with zero attached hydrogens (tertiary/aromatic N) is 1. The molecule has 0 radical (unpaired) electrons. The van der Waals surface area contributed by atoms with E-state index in [1.54, 1.807) is 0 Å². The molecule has 8 heteroatoms. The van der Waals surface area contributed by atoms with Crippen molar-refractivity contribution in [1.82, 2.24) is 10.2 Å². The average molecular weight is 389 g/mol. The second kappa shape index (κ2) is 16.9. The maximum atomic E-state index is 10.6. The lowest BCUT2D eigenvalue weighted by atomic mass is 10.0. The minimum absolute atomic E-state index is 0.148. The van der Waals surface area contributed by atoms with Gasteiger partial charge >= 0.3 is 11.9 Å². The largest absolute Gasteiger partial charge is 0.481 e. The maximum Gasteiger partial charge on any atom is 0.317 e. The number of hydrogen-bond donors (Lipinski definition) is 5. The number of carbonyl (C=O) groups is 2. The Morgan fingerprint density at radius 3 is 1.93 bits per heavy atom. The van der Waals surface area contributed by atoms with E-state index in [0.29, 0.717) is 6.42 Å². The van der Waals surface area contributed by atoms with Crippen LogP contribution in [0.1, 0.15) is 64.7 Å². The Labute approximate surface area is 163 Å². The van der Waals surface area contributed by atoms with E-state index in [1.807, 2.05) is 0 Å². The van der Waals surface area contributed by atoms with Crippen molar-refractivity contribution in [3.8, 4) is 0 Å². The van der Waals surface area contributed by atoms with Gasteiger partial charge in [-0.15, -0.1) is 0 Å². The van der Waals surface area contributed by atoms with Gasteiger partial charge in [-0.05, 0) is 12.8 Å². The Balaban J connectivity index is 0.000000533. The van der Waals surface area contributed by atoms with Gasteiger partial charge in [0.05, 0.1) is 6.17 Å². The molecule has 0 spiro atoms. The molecule has 1 fully saturated rings. The molecular weight excluding hydrogens is 348 g/mol. The van der Waals surface area contributed by atoms with Crippen molar-refractivity contribution in [3.05, 3.63) is 0 Å². The predicted molar refractivity (Wildman–Crippen MR) is 107 cm³/mol. The van der Waals surface area contributed by atoms with Crippen LogP contribution in [-0.4, -0.2) is 65.9 Å². The Morgan fingerprint density at radius 2 is 1.44 bits per heavy atom. The minimum atomic E-state index is -1.23. The first-order valence-corrected chi connectivity index (χ1v) is 10.3. The van der Waals surface area contributed by atoms with Gasteiger partial charge in [0.15, 0.2) is 5.92 Å². The molecule has 8 nitrogen and oxygen atoms in total. The van der Waals surface area contributed by atoms with E-state index in [2.05, 4.69) is 17.1 Å². The Bertz CT molecular complexity index is 374. The van der Waals surface area contributed by atoms with E-state index in [4.69, 9.17) is 21.7 Å². The summed E-state index contributed by atoms with van der Waals surface area (Å²) in [6, 6.07) is 0. The van der Waals surface area contributed by atoms with Gasteiger partial charge in [-0.3, -0.25) is 9.59 Å². The highest BCUT2D eigenvalue weighted by Crippen LogP contribution is 2.13. The molecule has 160 valence electrons. The van der Waals surface area contributed by atoms with E-state index < -0.39 is 17.9 Å². The van der Waals surface area contributed by atoms with Gasteiger partial charge in [-0.1, -0.05) is 51.9 Å². The van der Waals surface area contributed by atoms with Gasteiger partial charge in [0, 0.05) is 32.7 Å². The maximum absolute atomic E-state index is 10.6. The van der Waals surface area contributed by atoms with Gasteiger partial charge in [-0.25, -0.2) is 0 Å². The lowest BCUT2D eigenvalue weighted by Crippen LogP contribution is -2.45. The van der Waals surface area contributed by atoms with E-state index in [-0.39, 0.29) is 12.6 Å². The van der Waals surface area contributed by atoms with Crippen molar-refractivity contribution in [1.29, 1.82) is 0 Å².